The summed E-state index contributed by atoms with van der Waals surface area (Å²) in [6.45, 7) is 1.62. The summed E-state index contributed by atoms with van der Waals surface area (Å²) < 4.78 is 0. The first-order chi connectivity index (χ1) is 12.3. The van der Waals surface area contributed by atoms with Crippen molar-refractivity contribution in [3.63, 3.8) is 0 Å². The van der Waals surface area contributed by atoms with Gasteiger partial charge in [-0.15, -0.1) is 10.2 Å². The lowest BCUT2D eigenvalue weighted by molar-refractivity contribution is 0.0761. The Kier molecular flexibility index (Phi) is 5.36. The predicted octanol–water partition coefficient (Wildman–Crippen LogP) is 2.19. The van der Waals surface area contributed by atoms with Gasteiger partial charge in [-0.2, -0.15) is 10.5 Å². The molecular weight excluding hydrogens is 318 g/mol. The maximum atomic E-state index is 12.7. The number of allylic oxidation sites excluding steroid dienone is 1. The molecule has 2 aromatic rings. The lowest BCUT2D eigenvalue weighted by Crippen LogP contribution is -2.31. The molecule has 1 fully saturated rings. The molecule has 1 amide bonds. The summed E-state index contributed by atoms with van der Waals surface area (Å²) in [6, 6.07) is 9.26. The fourth-order valence-electron chi connectivity index (χ4n) is 2.78. The number of aromatic nitrogens is 4. The number of tetrazole rings is 1. The minimum atomic E-state index is 0.0493. The molecular formula is C17H19N7O. The molecule has 1 aromatic carbocycles. The third-order valence-corrected chi connectivity index (χ3v) is 4.09. The van der Waals surface area contributed by atoms with Crippen LogP contribution in [0.1, 0.15) is 41.9 Å². The van der Waals surface area contributed by atoms with Crippen molar-refractivity contribution in [3.8, 4) is 6.07 Å². The van der Waals surface area contributed by atoms with Crippen LogP contribution in [0.5, 0.6) is 0 Å². The van der Waals surface area contributed by atoms with Crippen LogP contribution in [0, 0.1) is 11.3 Å². The van der Waals surface area contributed by atoms with Gasteiger partial charge in [0.05, 0.1) is 0 Å². The van der Waals surface area contributed by atoms with E-state index in [-0.39, 0.29) is 17.3 Å². The molecule has 1 aliphatic heterocycles. The highest BCUT2D eigenvalue weighted by Crippen LogP contribution is 2.17. The zero-order valence-electron chi connectivity index (χ0n) is 13.8. The van der Waals surface area contributed by atoms with Crippen molar-refractivity contribution in [2.75, 3.05) is 18.4 Å². The van der Waals surface area contributed by atoms with Gasteiger partial charge in [-0.25, -0.2) is 0 Å². The van der Waals surface area contributed by atoms with Crippen LogP contribution in [0.2, 0.25) is 0 Å². The first-order valence-electron chi connectivity index (χ1n) is 8.28. The van der Waals surface area contributed by atoms with Crippen molar-refractivity contribution >= 4 is 17.2 Å². The van der Waals surface area contributed by atoms with Crippen molar-refractivity contribution in [3.05, 3.63) is 41.9 Å². The average Bonchev–Trinajstić information content (AvgIpc) is 3.04. The Labute approximate surface area is 145 Å². The van der Waals surface area contributed by atoms with E-state index in [0.29, 0.717) is 5.56 Å². The van der Waals surface area contributed by atoms with Crippen LogP contribution in [0.15, 0.2) is 30.5 Å². The Balaban J connectivity index is 1.73. The molecule has 0 spiro atoms. The maximum Gasteiger partial charge on any atom is 0.253 e. The molecule has 0 atom stereocenters. The van der Waals surface area contributed by atoms with Gasteiger partial charge in [-0.05, 0) is 36.3 Å². The van der Waals surface area contributed by atoms with E-state index < -0.39 is 0 Å². The number of amides is 1. The number of nitriles is 1. The number of rotatable bonds is 4. The Bertz CT molecular complexity index is 784. The second kappa shape index (κ2) is 8.06. The van der Waals surface area contributed by atoms with Gasteiger partial charge in [0.1, 0.15) is 11.6 Å². The Morgan fingerprint density at radius 3 is 2.76 bits per heavy atom. The Hall–Kier alpha value is -3.21. The van der Waals surface area contributed by atoms with Crippen LogP contribution < -0.4 is 5.32 Å². The number of H-pyrrole nitrogens is 1. The van der Waals surface area contributed by atoms with Crippen LogP contribution in [-0.2, 0) is 0 Å². The zero-order valence-corrected chi connectivity index (χ0v) is 13.8. The third-order valence-electron chi connectivity index (χ3n) is 4.09. The molecule has 0 unspecified atom stereocenters. The first-order valence-corrected chi connectivity index (χ1v) is 8.28. The quantitative estimate of drug-likeness (QED) is 0.827. The lowest BCUT2D eigenvalue weighted by atomic mass is 10.1. The van der Waals surface area contributed by atoms with E-state index >= 15 is 0 Å². The molecule has 1 aromatic heterocycles. The monoisotopic (exact) mass is 337 g/mol. The summed E-state index contributed by atoms with van der Waals surface area (Å²) in [7, 11) is 0. The summed E-state index contributed by atoms with van der Waals surface area (Å²) in [5.41, 5.74) is 1.60. The van der Waals surface area contributed by atoms with Crippen molar-refractivity contribution in [1.82, 2.24) is 25.5 Å². The molecule has 2 N–H and O–H groups in total. The second-order valence-electron chi connectivity index (χ2n) is 5.84. The number of nitrogens with one attached hydrogen (secondary N) is 2. The number of nitrogens with zero attached hydrogens (tertiary/aromatic N) is 5. The highest BCUT2D eigenvalue weighted by molar-refractivity contribution is 5.95. The SMILES string of the molecule is N#CC(=CNc1cccc(C(=O)N2CCCCCC2)c1)c1nn[nH]n1. The van der Waals surface area contributed by atoms with Gasteiger partial charge in [0, 0.05) is 30.5 Å². The highest BCUT2D eigenvalue weighted by Gasteiger charge is 2.17. The molecule has 8 nitrogen and oxygen atoms in total. The molecule has 25 heavy (non-hydrogen) atoms. The number of carbonyl (C=O) groups excluding carboxylic acids is 1. The van der Waals surface area contributed by atoms with Crippen molar-refractivity contribution in [1.29, 1.82) is 5.26 Å². The minimum absolute atomic E-state index is 0.0493. The van der Waals surface area contributed by atoms with Gasteiger partial charge < -0.3 is 10.2 Å². The number of carbonyl (C=O) groups is 1. The number of aromatic amines is 1. The number of benzene rings is 1. The molecule has 8 heteroatoms. The predicted molar refractivity (Wildman–Crippen MR) is 92.2 cm³/mol. The van der Waals surface area contributed by atoms with Crippen LogP contribution >= 0.6 is 0 Å². The normalized spacial score (nSPS) is 15.3. The number of anilines is 1. The number of hydrogen-bond donors (Lipinski definition) is 2. The molecule has 1 aliphatic rings. The van der Waals surface area contributed by atoms with Crippen LogP contribution in [-0.4, -0.2) is 44.5 Å². The molecule has 0 aliphatic carbocycles. The smallest absolute Gasteiger partial charge is 0.253 e. The molecule has 3 rings (SSSR count). The largest absolute Gasteiger partial charge is 0.360 e. The van der Waals surface area contributed by atoms with Crippen molar-refractivity contribution in [2.45, 2.75) is 25.7 Å². The fraction of sp³-hybridized carbons (Fsp3) is 0.353. The van der Waals surface area contributed by atoms with Gasteiger partial charge in [-0.1, -0.05) is 18.9 Å². The van der Waals surface area contributed by atoms with E-state index in [9.17, 15) is 10.1 Å². The molecule has 0 saturated carbocycles. The van der Waals surface area contributed by atoms with Crippen molar-refractivity contribution in [2.24, 2.45) is 0 Å². The molecule has 0 radical (unpaired) electrons. The first kappa shape index (κ1) is 16.6. The highest BCUT2D eigenvalue weighted by atomic mass is 16.2. The molecule has 128 valence electrons. The van der Waals surface area contributed by atoms with Gasteiger partial charge in [0.2, 0.25) is 5.82 Å². The number of likely N-dealkylation sites (tertiary alicyclic amines) is 1. The molecule has 2 heterocycles. The van der Waals surface area contributed by atoms with E-state index in [1.807, 2.05) is 29.2 Å². The zero-order chi connectivity index (χ0) is 17.5. The van der Waals surface area contributed by atoms with Gasteiger partial charge in [0.15, 0.2) is 0 Å². The lowest BCUT2D eigenvalue weighted by Gasteiger charge is -2.20. The van der Waals surface area contributed by atoms with E-state index in [0.717, 1.165) is 31.6 Å². The second-order valence-corrected chi connectivity index (χ2v) is 5.84. The Morgan fingerprint density at radius 1 is 1.28 bits per heavy atom. The van der Waals surface area contributed by atoms with Gasteiger partial charge >= 0.3 is 0 Å². The molecule has 1 saturated heterocycles. The van der Waals surface area contributed by atoms with Crippen LogP contribution in [0.3, 0.4) is 0 Å². The summed E-state index contributed by atoms with van der Waals surface area (Å²) in [5, 5.41) is 25.5. The van der Waals surface area contributed by atoms with E-state index in [1.165, 1.54) is 19.0 Å². The van der Waals surface area contributed by atoms with E-state index in [1.54, 1.807) is 6.07 Å². The number of hydrogen-bond acceptors (Lipinski definition) is 6. The topological polar surface area (TPSA) is 111 Å². The fourth-order valence-corrected chi connectivity index (χ4v) is 2.78. The third kappa shape index (κ3) is 4.20. The van der Waals surface area contributed by atoms with Crippen LogP contribution in [0.25, 0.3) is 5.57 Å². The average molecular weight is 337 g/mol. The summed E-state index contributed by atoms with van der Waals surface area (Å²) >= 11 is 0. The van der Waals surface area contributed by atoms with Gasteiger partial charge in [0.25, 0.3) is 5.91 Å². The molecule has 0 bridgehead atoms. The summed E-state index contributed by atoms with van der Waals surface area (Å²) in [6.07, 6.45) is 5.98. The minimum Gasteiger partial charge on any atom is -0.360 e. The summed E-state index contributed by atoms with van der Waals surface area (Å²) in [4.78, 5) is 14.6. The Morgan fingerprint density at radius 2 is 2.08 bits per heavy atom. The van der Waals surface area contributed by atoms with E-state index in [2.05, 4.69) is 25.9 Å². The standard InChI is InChI=1S/C17H19N7O/c18-11-14(16-20-22-23-21-16)12-19-15-7-5-6-13(10-15)17(25)24-8-3-1-2-4-9-24/h5-7,10,12,19H,1-4,8-9H2,(H,20,21,22,23). The van der Waals surface area contributed by atoms with Crippen LogP contribution in [0.4, 0.5) is 5.69 Å². The maximum absolute atomic E-state index is 12.7. The van der Waals surface area contributed by atoms with Gasteiger partial charge in [-0.3, -0.25) is 4.79 Å². The van der Waals surface area contributed by atoms with E-state index in [4.69, 9.17) is 0 Å². The van der Waals surface area contributed by atoms with Crippen molar-refractivity contribution < 1.29 is 4.79 Å². The summed E-state index contributed by atoms with van der Waals surface area (Å²) in [5.74, 6) is 0.264.